The zero-order chi connectivity index (χ0) is 68.0. The topological polar surface area (TPSA) is 362 Å². The van der Waals surface area contributed by atoms with E-state index in [0.717, 1.165) is 0 Å². The smallest absolute Gasteiger partial charge is 0.280 e. The van der Waals surface area contributed by atoms with E-state index in [0.29, 0.717) is 19.4 Å². The molecule has 508 valence electrons. The van der Waals surface area contributed by atoms with Crippen LogP contribution in [0.25, 0.3) is 22.3 Å². The number of nitrogens with zero attached hydrogens (tertiary/aromatic N) is 10. The van der Waals surface area contributed by atoms with Crippen LogP contribution in [0.5, 0.6) is 0 Å². The van der Waals surface area contributed by atoms with Crippen molar-refractivity contribution in [3.05, 3.63) is 33.4 Å². The maximum atomic E-state index is 14.1. The van der Waals surface area contributed by atoms with E-state index in [9.17, 15) is 34.8 Å². The molecule has 12 atom stereocenters. The number of carbonyl (C=O) groups excluding carboxylic acids is 2. The van der Waals surface area contributed by atoms with Gasteiger partial charge in [-0.15, -0.1) is 0 Å². The van der Waals surface area contributed by atoms with Crippen LogP contribution in [-0.2, 0) is 53.3 Å². The molecule has 6 heterocycles. The van der Waals surface area contributed by atoms with Crippen LogP contribution in [0.2, 0.25) is 36.3 Å². The number of aromatic amines is 2. The number of H-pyrrole nitrogens is 2. The molecule has 4 aromatic heterocycles. The van der Waals surface area contributed by atoms with Gasteiger partial charge in [-0.25, -0.2) is 24.4 Å². The van der Waals surface area contributed by atoms with Gasteiger partial charge in [0.15, 0.2) is 59.9 Å². The minimum atomic E-state index is -3.82. The van der Waals surface area contributed by atoms with Gasteiger partial charge in [0.05, 0.1) is 76.1 Å². The lowest BCUT2D eigenvalue weighted by Crippen LogP contribution is -2.53. The summed E-state index contributed by atoms with van der Waals surface area (Å²) >= 11 is 6.35. The summed E-state index contributed by atoms with van der Waals surface area (Å²) in [5.41, 5.74) is 6.06. The number of aliphatic hydroxyl groups excluding tert-OH is 1. The van der Waals surface area contributed by atoms with Crippen LogP contribution in [0.1, 0.15) is 149 Å². The second kappa shape index (κ2) is 31.0. The summed E-state index contributed by atoms with van der Waals surface area (Å²) in [6.45, 7) is 36.4. The van der Waals surface area contributed by atoms with Crippen molar-refractivity contribution < 1.29 is 46.6 Å². The summed E-state index contributed by atoms with van der Waals surface area (Å²) in [5.74, 6) is -1.87. The van der Waals surface area contributed by atoms with Gasteiger partial charge in [0.25, 0.3) is 17.8 Å². The van der Waals surface area contributed by atoms with Crippen molar-refractivity contribution in [1.82, 2.24) is 53.5 Å². The Kier molecular flexibility index (Phi) is 25.8. The third kappa shape index (κ3) is 18.0. The molecule has 2 aliphatic rings. The highest BCUT2D eigenvalue weighted by atomic mass is 32.5. The van der Waals surface area contributed by atoms with E-state index in [2.05, 4.69) is 178 Å². The molecule has 6 unspecified atom stereocenters. The number of aliphatic hydroxyl groups is 1. The van der Waals surface area contributed by atoms with Crippen LogP contribution in [0.4, 0.5) is 11.9 Å². The van der Waals surface area contributed by atoms with Gasteiger partial charge in [0.1, 0.15) is 24.4 Å². The summed E-state index contributed by atoms with van der Waals surface area (Å²) in [4.78, 5) is 77.8. The number of hydrogen-bond donors (Lipinski definition) is 7. The number of imidazole rings is 2. The van der Waals surface area contributed by atoms with Crippen molar-refractivity contribution >= 4 is 89.6 Å². The van der Waals surface area contributed by atoms with E-state index < -0.39 is 110 Å². The van der Waals surface area contributed by atoms with Crippen LogP contribution in [-0.4, -0.2) is 169 Å². The van der Waals surface area contributed by atoms with Gasteiger partial charge < -0.3 is 42.7 Å². The molecule has 4 aromatic rings. The average Bonchev–Trinajstić information content (AvgIpc) is 1.65. The van der Waals surface area contributed by atoms with E-state index in [1.165, 1.54) is 12.7 Å². The first-order chi connectivity index (χ1) is 42.3. The molecule has 2 aliphatic heterocycles. The van der Waals surface area contributed by atoms with Gasteiger partial charge in [-0.1, -0.05) is 62.3 Å². The number of anilines is 2. The molecule has 0 aliphatic carbocycles. The first-order valence-electron chi connectivity index (χ1n) is 31.3. The average molecular weight is 1360 g/mol. The second-order valence-electron chi connectivity index (χ2n) is 27.7. The van der Waals surface area contributed by atoms with Gasteiger partial charge in [-0.3, -0.25) is 48.9 Å². The van der Waals surface area contributed by atoms with E-state index in [1.807, 2.05) is 6.92 Å². The van der Waals surface area contributed by atoms with E-state index in [1.54, 1.807) is 23.0 Å². The molecule has 0 aromatic carbocycles. The first-order valence-corrected chi connectivity index (χ1v) is 40.9. The molecule has 28 nitrogen and oxygen atoms in total. The maximum Gasteiger partial charge on any atom is 0.280 e. The monoisotopic (exact) mass is 1360 g/mol. The minimum Gasteiger partial charge on any atom is -0.408 e. The van der Waals surface area contributed by atoms with Crippen molar-refractivity contribution in [1.29, 1.82) is 10.5 Å². The number of nitrogens with two attached hydrogens (primary N) is 1. The Labute approximate surface area is 543 Å². The van der Waals surface area contributed by atoms with Gasteiger partial charge in [-0.2, -0.15) is 20.5 Å². The van der Waals surface area contributed by atoms with E-state index in [-0.39, 0.29) is 106 Å². The first kappa shape index (κ1) is 75.7. The highest BCUT2D eigenvalue weighted by Crippen LogP contribution is 2.53. The number of nitriles is 2. The van der Waals surface area contributed by atoms with Crippen molar-refractivity contribution in [3.63, 3.8) is 0 Å². The molecule has 6 rings (SSSR count). The minimum absolute atomic E-state index is 0.0113. The lowest BCUT2D eigenvalue weighted by atomic mass is 10.0. The fraction of sp³-hybridized carbons (Fsp3) is 0.759. The Bertz CT molecular complexity index is 3390. The Balaban J connectivity index is 1.31. The fourth-order valence-electron chi connectivity index (χ4n) is 10.3. The van der Waals surface area contributed by atoms with Gasteiger partial charge in [0, 0.05) is 36.0 Å². The second-order valence-corrected chi connectivity index (χ2v) is 42.2. The standard InChI is InChI=1S/C58H100N16O12P2SSi2/c1-33(2)49(76)66-55-64-47-43(51(78)68-55)62-31-71(47)53-45(85-90(17,18)57(11,12)13)41(61)40(84-53)30-82-88(89,81-28-22-26-60)70-42-39(29-75)83-54(46(42)86-91(19,20)58(14,15)16)72-32-63-44-48(72)65-56(69-52(44)79)67-50(77)37(9)23-24-38(10)74(36(7)8)87(80-27-21-25-59)73(34(3)4)35(5)6/h31-42,45-46,53-54,75H,21-24,27-30,61H2,1-20H3,(H,70,89)(H2,64,66,68,76,78)(H2,65,67,69,77,79)/t37?,38?,39-,40-,41-,42-,45?,46?,53-,54-,87?,88?/m1/s1. The van der Waals surface area contributed by atoms with Crippen LogP contribution < -0.4 is 32.6 Å². The van der Waals surface area contributed by atoms with Crippen molar-refractivity contribution in [2.75, 3.05) is 37.1 Å². The van der Waals surface area contributed by atoms with E-state index in [4.69, 9.17) is 54.4 Å². The summed E-state index contributed by atoms with van der Waals surface area (Å²) in [6, 6.07) is 2.83. The van der Waals surface area contributed by atoms with Crippen LogP contribution in [0.3, 0.4) is 0 Å². The highest BCUT2D eigenvalue weighted by molar-refractivity contribution is 8.09. The lowest BCUT2D eigenvalue weighted by Gasteiger charge is -2.46. The largest absolute Gasteiger partial charge is 0.408 e. The number of amides is 2. The number of ether oxygens (including phenoxy) is 2. The molecule has 0 bridgehead atoms. The molecule has 0 radical (unpaired) electrons. The number of nitrogens with one attached hydrogen (secondary N) is 5. The van der Waals surface area contributed by atoms with E-state index >= 15 is 0 Å². The number of rotatable bonds is 31. The van der Waals surface area contributed by atoms with Crippen LogP contribution in [0, 0.1) is 34.5 Å². The van der Waals surface area contributed by atoms with Gasteiger partial charge in [0.2, 0.25) is 23.7 Å². The SMILES string of the molecule is CC(C)C(=O)Nc1nc2c(ncn2[C@@H]2O[C@H](COP(=S)(N[C@H]3C(O[Si](C)(C)C(C)(C)C)[C@H](n4cnc5c(=O)[nH]c(NC(=O)C(C)CCC(C)N(C(C)C)P(OCCC#N)N(C(C)C)C(C)C)nc54)O[C@@H]3CO)OCCC#N)[C@@H](N)C2O[Si](C)(C)C(C)(C)C)c(=O)[nH]1. The Morgan fingerprint density at radius 1 is 0.758 bits per heavy atom. The van der Waals surface area contributed by atoms with Crippen LogP contribution >= 0.6 is 15.1 Å². The molecule has 8 N–H and O–H groups in total. The number of carbonyl (C=O) groups is 2. The normalized spacial score (nSPS) is 22.8. The summed E-state index contributed by atoms with van der Waals surface area (Å²) in [7, 11) is -6.72. The zero-order valence-corrected chi connectivity index (χ0v) is 61.3. The number of hydrogen-bond acceptors (Lipinski definition) is 22. The molecule has 0 saturated carbocycles. The molecular weight excluding hydrogens is 1260 g/mol. The Morgan fingerprint density at radius 3 is 1.70 bits per heavy atom. The Morgan fingerprint density at radius 2 is 1.23 bits per heavy atom. The van der Waals surface area contributed by atoms with Crippen molar-refractivity contribution in [2.45, 2.75) is 246 Å². The quantitative estimate of drug-likeness (QED) is 0.0141. The highest BCUT2D eigenvalue weighted by Gasteiger charge is 2.54. The molecule has 2 saturated heterocycles. The maximum absolute atomic E-state index is 14.1. The predicted octanol–water partition coefficient (Wildman–Crippen LogP) is 8.60. The summed E-state index contributed by atoms with van der Waals surface area (Å²) < 4.78 is 55.2. The molecule has 91 heavy (non-hydrogen) atoms. The number of aromatic nitrogens is 8. The molecular formula is C58H100N16O12P2SSi2. The van der Waals surface area contributed by atoms with Crippen LogP contribution in [0.15, 0.2) is 22.2 Å². The molecule has 2 fully saturated rings. The molecule has 2 amide bonds. The third-order valence-corrected chi connectivity index (χ3v) is 31.8. The van der Waals surface area contributed by atoms with Gasteiger partial charge in [-0.05, 0) is 109 Å². The fourth-order valence-corrected chi connectivity index (χ4v) is 17.6. The van der Waals surface area contributed by atoms with Gasteiger partial charge >= 0.3 is 0 Å². The lowest BCUT2D eigenvalue weighted by molar-refractivity contribution is -0.120. The summed E-state index contributed by atoms with van der Waals surface area (Å²) in [6.07, 6.45) is -1.88. The van der Waals surface area contributed by atoms with Crippen molar-refractivity contribution in [2.24, 2.45) is 17.6 Å². The molecule has 0 spiro atoms. The van der Waals surface area contributed by atoms with Crippen molar-refractivity contribution in [3.8, 4) is 12.1 Å². The third-order valence-electron chi connectivity index (χ3n) is 17.3. The summed E-state index contributed by atoms with van der Waals surface area (Å²) in [5, 5.41) is 38.6. The molecule has 33 heteroatoms. The predicted molar refractivity (Wildman–Crippen MR) is 359 cm³/mol. The zero-order valence-electron chi connectivity index (χ0n) is 56.7. The Hall–Kier alpha value is -4.35. The number of fused-ring (bicyclic) bond motifs is 2.